The summed E-state index contributed by atoms with van der Waals surface area (Å²) in [5, 5.41) is 0. The Kier molecular flexibility index (Phi) is 11.2. The van der Waals surface area contributed by atoms with Gasteiger partial charge in [0, 0.05) is 12.3 Å². The number of esters is 1. The van der Waals surface area contributed by atoms with Crippen LogP contribution in [0.5, 0.6) is 5.88 Å². The van der Waals surface area contributed by atoms with Crippen molar-refractivity contribution in [2.45, 2.75) is 39.3 Å². The van der Waals surface area contributed by atoms with Crippen LogP contribution in [0.4, 0.5) is 17.6 Å². The predicted octanol–water partition coefficient (Wildman–Crippen LogP) is 6.87. The number of benzene rings is 1. The molecule has 1 aromatic heterocycles. The van der Waals surface area contributed by atoms with E-state index in [9.17, 15) is 22.4 Å². The van der Waals surface area contributed by atoms with Gasteiger partial charge in [0.2, 0.25) is 5.88 Å². The lowest BCUT2D eigenvalue weighted by atomic mass is 10.0. The number of rotatable bonds is 4. The van der Waals surface area contributed by atoms with Crippen molar-refractivity contribution in [3.05, 3.63) is 77.8 Å². The highest BCUT2D eigenvalue weighted by atomic mass is 19.4. The molecule has 0 fully saturated rings. The molecule has 0 saturated heterocycles. The van der Waals surface area contributed by atoms with Crippen molar-refractivity contribution in [1.29, 1.82) is 0 Å². The number of alkyl halides is 3. The van der Waals surface area contributed by atoms with Gasteiger partial charge >= 0.3 is 12.1 Å². The summed E-state index contributed by atoms with van der Waals surface area (Å²) < 4.78 is 58.9. The van der Waals surface area contributed by atoms with Gasteiger partial charge in [-0.05, 0) is 68.5 Å². The minimum Gasteiger partial charge on any atom is -0.478 e. The van der Waals surface area contributed by atoms with Gasteiger partial charge in [0.1, 0.15) is 5.82 Å². The van der Waals surface area contributed by atoms with Gasteiger partial charge in [-0.25, -0.2) is 14.2 Å². The first-order chi connectivity index (χ1) is 15.2. The molecule has 0 amide bonds. The molecule has 1 aliphatic rings. The molecule has 2 aromatic rings. The van der Waals surface area contributed by atoms with Gasteiger partial charge in [0.25, 0.3) is 0 Å². The molecule has 0 N–H and O–H groups in total. The van der Waals surface area contributed by atoms with E-state index < -0.39 is 23.5 Å². The highest BCUT2D eigenvalue weighted by Crippen LogP contribution is 2.29. The fourth-order valence-electron chi connectivity index (χ4n) is 2.73. The molecule has 3 rings (SSSR count). The van der Waals surface area contributed by atoms with Gasteiger partial charge in [-0.2, -0.15) is 13.2 Å². The summed E-state index contributed by atoms with van der Waals surface area (Å²) in [7, 11) is 1.29. The van der Waals surface area contributed by atoms with Crippen LogP contribution in [0, 0.1) is 5.82 Å². The van der Waals surface area contributed by atoms with Crippen LogP contribution < -0.4 is 4.74 Å². The van der Waals surface area contributed by atoms with E-state index in [4.69, 9.17) is 4.74 Å². The standard InChI is InChI=1S/C13H13FO2.C8H8F3NO.C3H6/c1-16-13(15)11-6-10(7-12(14)8-11)9-4-2-3-5-9;1-2-13-7-4-3-6(5-12-7)8(9,10)11;1-3-2/h4,6-8H,2-3,5H2,1H3;3-5H,2H2,1H3;3H,1H2,2H3. The first-order valence-corrected chi connectivity index (χ1v) is 9.97. The number of carbonyl (C=O) groups is 1. The average Bonchev–Trinajstić information content (AvgIpc) is 3.29. The summed E-state index contributed by atoms with van der Waals surface area (Å²) in [6, 6.07) is 6.49. The third-order valence-corrected chi connectivity index (χ3v) is 4.09. The Hall–Kier alpha value is -3.16. The second kappa shape index (κ2) is 13.3. The fourth-order valence-corrected chi connectivity index (χ4v) is 2.73. The molecule has 0 spiro atoms. The van der Waals surface area contributed by atoms with Crippen LogP contribution in [0.3, 0.4) is 0 Å². The summed E-state index contributed by atoms with van der Waals surface area (Å²) in [6.07, 6.45) is 3.33. The zero-order valence-corrected chi connectivity index (χ0v) is 18.3. The number of pyridine rings is 1. The molecule has 0 radical (unpaired) electrons. The second-order valence-electron chi connectivity index (χ2n) is 6.57. The lowest BCUT2D eigenvalue weighted by Crippen LogP contribution is -2.05. The third kappa shape index (κ3) is 8.91. The van der Waals surface area contributed by atoms with Crippen LogP contribution in [-0.4, -0.2) is 24.7 Å². The van der Waals surface area contributed by atoms with Crippen molar-refractivity contribution in [2.75, 3.05) is 13.7 Å². The summed E-state index contributed by atoms with van der Waals surface area (Å²) in [5.74, 6) is -0.694. The first kappa shape index (κ1) is 26.9. The van der Waals surface area contributed by atoms with E-state index in [0.717, 1.165) is 42.7 Å². The molecule has 4 nitrogen and oxygen atoms in total. The van der Waals surface area contributed by atoms with Gasteiger partial charge in [-0.1, -0.05) is 12.2 Å². The quantitative estimate of drug-likeness (QED) is 0.288. The number of hydrogen-bond donors (Lipinski definition) is 0. The summed E-state index contributed by atoms with van der Waals surface area (Å²) in [6.45, 7) is 7.37. The number of ether oxygens (including phenoxy) is 2. The summed E-state index contributed by atoms with van der Waals surface area (Å²) in [5.41, 5.74) is 1.41. The Morgan fingerprint density at radius 2 is 1.94 bits per heavy atom. The molecule has 0 aliphatic heterocycles. The maximum Gasteiger partial charge on any atom is 0.417 e. The highest BCUT2D eigenvalue weighted by Gasteiger charge is 2.30. The molecule has 174 valence electrons. The monoisotopic (exact) mass is 453 g/mol. The van der Waals surface area contributed by atoms with Crippen molar-refractivity contribution in [1.82, 2.24) is 4.98 Å². The van der Waals surface area contributed by atoms with Gasteiger partial charge in [-0.15, -0.1) is 6.58 Å². The molecule has 0 bridgehead atoms. The van der Waals surface area contributed by atoms with Crippen LogP contribution in [0.15, 0.2) is 55.3 Å². The molecule has 32 heavy (non-hydrogen) atoms. The topological polar surface area (TPSA) is 48.4 Å². The summed E-state index contributed by atoms with van der Waals surface area (Å²) in [4.78, 5) is 14.8. The number of carbonyl (C=O) groups excluding carboxylic acids is 1. The van der Waals surface area contributed by atoms with Crippen molar-refractivity contribution < 1.29 is 31.8 Å². The van der Waals surface area contributed by atoms with E-state index in [0.29, 0.717) is 6.61 Å². The Labute approximate surface area is 185 Å². The van der Waals surface area contributed by atoms with Crippen molar-refractivity contribution >= 4 is 11.5 Å². The number of halogens is 4. The minimum atomic E-state index is -4.34. The van der Waals surface area contributed by atoms with Crippen molar-refractivity contribution in [3.8, 4) is 5.88 Å². The maximum absolute atomic E-state index is 13.3. The third-order valence-electron chi connectivity index (χ3n) is 4.09. The summed E-state index contributed by atoms with van der Waals surface area (Å²) >= 11 is 0. The molecule has 0 saturated carbocycles. The van der Waals surface area contributed by atoms with Gasteiger partial charge < -0.3 is 9.47 Å². The molecule has 1 aromatic carbocycles. The van der Waals surface area contributed by atoms with Crippen LogP contribution in [-0.2, 0) is 10.9 Å². The SMILES string of the molecule is C=CC.CCOc1ccc(C(F)(F)F)cn1.COC(=O)c1cc(F)cc(C2=CCCC2)c1. The smallest absolute Gasteiger partial charge is 0.417 e. The van der Waals surface area contributed by atoms with Gasteiger partial charge in [-0.3, -0.25) is 0 Å². The van der Waals surface area contributed by atoms with E-state index in [-0.39, 0.29) is 11.4 Å². The second-order valence-corrected chi connectivity index (χ2v) is 6.57. The van der Waals surface area contributed by atoms with Crippen LogP contribution in [0.25, 0.3) is 5.57 Å². The lowest BCUT2D eigenvalue weighted by Gasteiger charge is -2.06. The predicted molar refractivity (Wildman–Crippen MR) is 116 cm³/mol. The number of aromatic nitrogens is 1. The van der Waals surface area contributed by atoms with Crippen molar-refractivity contribution in [3.63, 3.8) is 0 Å². The van der Waals surface area contributed by atoms with E-state index in [1.807, 2.05) is 6.92 Å². The van der Waals surface area contributed by atoms with Crippen LogP contribution >= 0.6 is 0 Å². The average molecular weight is 453 g/mol. The van der Waals surface area contributed by atoms with Crippen LogP contribution in [0.1, 0.15) is 54.6 Å². The molecule has 0 unspecified atom stereocenters. The first-order valence-electron chi connectivity index (χ1n) is 9.97. The number of methoxy groups -OCH3 is 1. The van der Waals surface area contributed by atoms with Gasteiger partial charge in [0.15, 0.2) is 0 Å². The molecule has 1 heterocycles. The van der Waals surface area contributed by atoms with Crippen LogP contribution in [0.2, 0.25) is 0 Å². The minimum absolute atomic E-state index is 0.204. The van der Waals surface area contributed by atoms with E-state index in [1.54, 1.807) is 19.1 Å². The Balaban J connectivity index is 0.000000291. The van der Waals surface area contributed by atoms with E-state index in [1.165, 1.54) is 25.3 Å². The highest BCUT2D eigenvalue weighted by molar-refractivity contribution is 5.90. The number of allylic oxidation sites excluding steroid dienone is 3. The van der Waals surface area contributed by atoms with E-state index >= 15 is 0 Å². The molecule has 0 atom stereocenters. The fraction of sp³-hybridized carbons (Fsp3) is 0.333. The molecular formula is C24H27F4NO3. The lowest BCUT2D eigenvalue weighted by molar-refractivity contribution is -0.137. The zero-order valence-electron chi connectivity index (χ0n) is 18.3. The Morgan fingerprint density at radius 1 is 1.25 bits per heavy atom. The normalized spacial score (nSPS) is 12.4. The molecule has 1 aliphatic carbocycles. The Morgan fingerprint density at radius 3 is 2.41 bits per heavy atom. The molecule has 8 heteroatoms. The zero-order chi connectivity index (χ0) is 24.1. The molecular weight excluding hydrogens is 426 g/mol. The van der Waals surface area contributed by atoms with Gasteiger partial charge in [0.05, 0.1) is 24.8 Å². The van der Waals surface area contributed by atoms with E-state index in [2.05, 4.69) is 22.4 Å². The number of hydrogen-bond acceptors (Lipinski definition) is 4. The maximum atomic E-state index is 13.3. The largest absolute Gasteiger partial charge is 0.478 e. The Bertz CT molecular complexity index is 906. The van der Waals surface area contributed by atoms with Crippen molar-refractivity contribution in [2.24, 2.45) is 0 Å². The number of nitrogens with zero attached hydrogens (tertiary/aromatic N) is 1.